The number of hydrogen-bond acceptors (Lipinski definition) is 7. The van der Waals surface area contributed by atoms with Gasteiger partial charge in [0, 0.05) is 12.8 Å². The van der Waals surface area contributed by atoms with Crippen molar-refractivity contribution in [2.45, 2.75) is 30.7 Å². The first-order valence-corrected chi connectivity index (χ1v) is 4.67. The fourth-order valence-electron chi connectivity index (χ4n) is 1.44. The lowest BCUT2D eigenvalue weighted by Gasteiger charge is -2.15. The summed E-state index contributed by atoms with van der Waals surface area (Å²) in [7, 11) is 0. The first-order chi connectivity index (χ1) is 7.47. The number of ether oxygens (including phenoxy) is 1. The summed E-state index contributed by atoms with van der Waals surface area (Å²) in [6.07, 6.45) is -3.26. The predicted octanol–water partition coefficient (Wildman–Crippen LogP) is -2.46. The Hall–Kier alpha value is -1.31. The van der Waals surface area contributed by atoms with Gasteiger partial charge in [0.15, 0.2) is 6.10 Å². The quantitative estimate of drug-likeness (QED) is 0.273. The van der Waals surface area contributed by atoms with Gasteiger partial charge in [0.25, 0.3) is 0 Å². The zero-order chi connectivity index (χ0) is 12.3. The maximum Gasteiger partial charge on any atom is 0.346 e. The van der Waals surface area contributed by atoms with Crippen molar-refractivity contribution in [3.63, 3.8) is 0 Å². The predicted molar refractivity (Wildman–Crippen MR) is 48.2 cm³/mol. The number of rotatable bonds is 5. The molecule has 0 bridgehead atoms. The Bertz CT molecular complexity index is 313. The molecule has 7 heteroatoms. The molecule has 0 amide bonds. The molecular weight excluding hydrogens is 220 g/mol. The van der Waals surface area contributed by atoms with Crippen molar-refractivity contribution in [3.05, 3.63) is 0 Å². The number of hydrogen-bond donors (Lipinski definition) is 3. The second kappa shape index (κ2) is 4.69. The Morgan fingerprint density at radius 3 is 2.62 bits per heavy atom. The average Bonchev–Trinajstić information content (AvgIpc) is 2.50. The molecule has 3 atom stereocenters. The summed E-state index contributed by atoms with van der Waals surface area (Å²) in [4.78, 5) is 32.9. The maximum atomic E-state index is 11.6. The lowest BCUT2D eigenvalue weighted by Crippen LogP contribution is -2.45. The van der Waals surface area contributed by atoms with Crippen molar-refractivity contribution < 1.29 is 34.4 Å². The van der Waals surface area contributed by atoms with Crippen LogP contribution in [0.15, 0.2) is 0 Å². The topological polar surface area (TPSA) is 121 Å². The zero-order valence-corrected chi connectivity index (χ0v) is 8.33. The minimum atomic E-state index is -2.39. The third-order valence-corrected chi connectivity index (χ3v) is 2.40. The van der Waals surface area contributed by atoms with Crippen molar-refractivity contribution in [2.75, 3.05) is 6.61 Å². The van der Waals surface area contributed by atoms with Gasteiger partial charge in [-0.05, 0) is 0 Å². The van der Waals surface area contributed by atoms with Crippen molar-refractivity contribution >= 4 is 18.0 Å². The van der Waals surface area contributed by atoms with E-state index in [1.54, 1.807) is 0 Å². The SMILES string of the molecule is O=CCC[C@@]1(O)C(=O)OC([C@@H](O)CO)C1=O. The van der Waals surface area contributed by atoms with Gasteiger partial charge in [-0.15, -0.1) is 0 Å². The molecule has 3 N–H and O–H groups in total. The smallest absolute Gasteiger partial charge is 0.346 e. The van der Waals surface area contributed by atoms with Gasteiger partial charge in [0.05, 0.1) is 6.61 Å². The Balaban J connectivity index is 2.85. The van der Waals surface area contributed by atoms with Crippen LogP contribution in [0.1, 0.15) is 12.8 Å². The third kappa shape index (κ3) is 1.97. The van der Waals surface area contributed by atoms with Crippen molar-refractivity contribution in [1.29, 1.82) is 0 Å². The van der Waals surface area contributed by atoms with Crippen LogP contribution in [0.5, 0.6) is 0 Å². The molecule has 1 aliphatic rings. The molecule has 90 valence electrons. The molecule has 1 aliphatic heterocycles. The Kier molecular flexibility index (Phi) is 3.74. The summed E-state index contributed by atoms with van der Waals surface area (Å²) in [5.41, 5.74) is -2.39. The summed E-state index contributed by atoms with van der Waals surface area (Å²) >= 11 is 0. The second-order valence-corrected chi connectivity index (χ2v) is 3.51. The van der Waals surface area contributed by atoms with E-state index in [1.165, 1.54) is 0 Å². The molecule has 0 aromatic heterocycles. The summed E-state index contributed by atoms with van der Waals surface area (Å²) in [6, 6.07) is 0. The molecule has 1 rings (SSSR count). The molecular formula is C9H12O7. The highest BCUT2D eigenvalue weighted by Gasteiger charge is 2.57. The summed E-state index contributed by atoms with van der Waals surface area (Å²) < 4.78 is 4.47. The zero-order valence-electron chi connectivity index (χ0n) is 8.33. The standard InChI is InChI=1S/C9H12O7/c10-3-1-2-9(15)7(13)6(5(12)4-11)16-8(9)14/h3,5-6,11-12,15H,1-2,4H2/t5-,6?,9-/m0/s1. The Morgan fingerprint density at radius 2 is 2.12 bits per heavy atom. The molecule has 1 heterocycles. The number of aliphatic hydroxyl groups excluding tert-OH is 2. The van der Waals surface area contributed by atoms with E-state index in [0.717, 1.165) is 0 Å². The minimum Gasteiger partial charge on any atom is -0.449 e. The van der Waals surface area contributed by atoms with Crippen LogP contribution in [0.4, 0.5) is 0 Å². The van der Waals surface area contributed by atoms with Crippen LogP contribution >= 0.6 is 0 Å². The number of esters is 1. The lowest BCUT2D eigenvalue weighted by atomic mass is 9.91. The molecule has 0 saturated carbocycles. The first kappa shape index (κ1) is 12.8. The number of ketones is 1. The normalized spacial score (nSPS) is 31.3. The van der Waals surface area contributed by atoms with E-state index in [-0.39, 0.29) is 12.8 Å². The highest BCUT2D eigenvalue weighted by atomic mass is 16.6. The van der Waals surface area contributed by atoms with E-state index in [2.05, 4.69) is 4.74 Å². The Labute approximate surface area is 90.6 Å². The van der Waals surface area contributed by atoms with Crippen LogP contribution in [0, 0.1) is 0 Å². The van der Waals surface area contributed by atoms with E-state index in [4.69, 9.17) is 5.11 Å². The molecule has 7 nitrogen and oxygen atoms in total. The lowest BCUT2D eigenvalue weighted by molar-refractivity contribution is -0.158. The molecule has 0 aromatic rings. The number of aliphatic hydroxyl groups is 3. The fraction of sp³-hybridized carbons (Fsp3) is 0.667. The van der Waals surface area contributed by atoms with Gasteiger partial charge in [0.2, 0.25) is 11.4 Å². The van der Waals surface area contributed by atoms with Crippen LogP contribution < -0.4 is 0 Å². The van der Waals surface area contributed by atoms with Crippen LogP contribution in [0.3, 0.4) is 0 Å². The van der Waals surface area contributed by atoms with Gasteiger partial charge in [-0.1, -0.05) is 0 Å². The monoisotopic (exact) mass is 232 g/mol. The van der Waals surface area contributed by atoms with Crippen LogP contribution in [-0.4, -0.2) is 57.8 Å². The molecule has 0 radical (unpaired) electrons. The molecule has 0 spiro atoms. The van der Waals surface area contributed by atoms with Crippen molar-refractivity contribution in [3.8, 4) is 0 Å². The number of carbonyl (C=O) groups is 3. The maximum absolute atomic E-state index is 11.6. The van der Waals surface area contributed by atoms with Crippen molar-refractivity contribution in [2.24, 2.45) is 0 Å². The van der Waals surface area contributed by atoms with Gasteiger partial charge >= 0.3 is 5.97 Å². The van der Waals surface area contributed by atoms with Crippen LogP contribution in [-0.2, 0) is 19.1 Å². The average molecular weight is 232 g/mol. The van der Waals surface area contributed by atoms with Gasteiger partial charge in [0.1, 0.15) is 12.4 Å². The highest BCUT2D eigenvalue weighted by Crippen LogP contribution is 2.27. The van der Waals surface area contributed by atoms with E-state index in [9.17, 15) is 24.6 Å². The number of carbonyl (C=O) groups excluding carboxylic acids is 3. The van der Waals surface area contributed by atoms with Gasteiger partial charge in [-0.3, -0.25) is 4.79 Å². The summed E-state index contributed by atoms with van der Waals surface area (Å²) in [5.74, 6) is -2.22. The molecule has 1 unspecified atom stereocenters. The highest BCUT2D eigenvalue weighted by molar-refractivity contribution is 6.14. The molecule has 0 aromatic carbocycles. The van der Waals surface area contributed by atoms with E-state index < -0.39 is 36.2 Å². The first-order valence-electron chi connectivity index (χ1n) is 4.67. The largest absolute Gasteiger partial charge is 0.449 e. The minimum absolute atomic E-state index is 0.181. The van der Waals surface area contributed by atoms with E-state index >= 15 is 0 Å². The number of Topliss-reactive ketones (excluding diaryl/α,β-unsaturated/α-hetero) is 1. The molecule has 0 aliphatic carbocycles. The molecule has 1 fully saturated rings. The molecule has 1 saturated heterocycles. The third-order valence-electron chi connectivity index (χ3n) is 2.40. The number of cyclic esters (lactones) is 1. The van der Waals surface area contributed by atoms with Crippen LogP contribution in [0.25, 0.3) is 0 Å². The fourth-order valence-corrected chi connectivity index (χ4v) is 1.44. The van der Waals surface area contributed by atoms with E-state index in [1.807, 2.05) is 0 Å². The van der Waals surface area contributed by atoms with Gasteiger partial charge in [-0.25, -0.2) is 4.79 Å². The van der Waals surface area contributed by atoms with Crippen LogP contribution in [0.2, 0.25) is 0 Å². The Morgan fingerprint density at radius 1 is 1.50 bits per heavy atom. The van der Waals surface area contributed by atoms with Gasteiger partial charge in [-0.2, -0.15) is 0 Å². The second-order valence-electron chi connectivity index (χ2n) is 3.51. The summed E-state index contributed by atoms with van der Waals surface area (Å²) in [5, 5.41) is 27.5. The number of aldehydes is 1. The van der Waals surface area contributed by atoms with E-state index in [0.29, 0.717) is 6.29 Å². The van der Waals surface area contributed by atoms with Gasteiger partial charge < -0.3 is 24.9 Å². The van der Waals surface area contributed by atoms with Crippen molar-refractivity contribution in [1.82, 2.24) is 0 Å². The summed E-state index contributed by atoms with van der Waals surface area (Å²) in [6.45, 7) is -0.770. The molecule has 16 heavy (non-hydrogen) atoms.